The second-order valence-corrected chi connectivity index (χ2v) is 6.84. The van der Waals surface area contributed by atoms with Crippen LogP contribution in [0.2, 0.25) is 0 Å². The fourth-order valence-corrected chi connectivity index (χ4v) is 3.57. The summed E-state index contributed by atoms with van der Waals surface area (Å²) in [6.45, 7) is 4.74. The molecule has 2 heterocycles. The molecule has 5 nitrogen and oxygen atoms in total. The molecule has 2 fully saturated rings. The minimum Gasteiger partial charge on any atom is -0.481 e. The van der Waals surface area contributed by atoms with Crippen molar-refractivity contribution in [2.24, 2.45) is 5.92 Å². The Labute approximate surface area is 137 Å². The highest BCUT2D eigenvalue weighted by molar-refractivity contribution is 5.87. The van der Waals surface area contributed by atoms with Gasteiger partial charge in [-0.05, 0) is 49.7 Å². The first-order valence-corrected chi connectivity index (χ1v) is 8.57. The number of hydrogen-bond acceptors (Lipinski definition) is 4. The second kappa shape index (κ2) is 6.48. The molecule has 23 heavy (non-hydrogen) atoms. The van der Waals surface area contributed by atoms with Crippen LogP contribution < -0.4 is 4.90 Å². The molecule has 1 saturated heterocycles. The summed E-state index contributed by atoms with van der Waals surface area (Å²) in [5.74, 6) is 0.782. The lowest BCUT2D eigenvalue weighted by atomic mass is 9.92. The zero-order chi connectivity index (χ0) is 16.4. The highest BCUT2D eigenvalue weighted by Crippen LogP contribution is 2.51. The number of aromatic nitrogens is 1. The number of aliphatic carboxylic acids is 1. The number of piperidine rings is 1. The van der Waals surface area contributed by atoms with Gasteiger partial charge in [0.1, 0.15) is 5.82 Å². The standard InChI is InChI=1S/C18H26N2O3/c1-3-13-10-15(18(6-7-18)17(21)22)16(19-11-13)20-8-4-14(5-9-20)12-23-2/h10-11,14H,3-9,12H2,1-2H3,(H,21,22). The van der Waals surface area contributed by atoms with E-state index in [1.54, 1.807) is 7.11 Å². The smallest absolute Gasteiger partial charge is 0.314 e. The average molecular weight is 318 g/mol. The summed E-state index contributed by atoms with van der Waals surface area (Å²) in [6, 6.07) is 2.07. The predicted molar refractivity (Wildman–Crippen MR) is 89.0 cm³/mol. The molecule has 1 aliphatic carbocycles. The Hall–Kier alpha value is -1.62. The highest BCUT2D eigenvalue weighted by Gasteiger charge is 2.54. The third-order valence-corrected chi connectivity index (χ3v) is 5.32. The van der Waals surface area contributed by atoms with Crippen LogP contribution in [0.1, 0.15) is 43.7 Å². The van der Waals surface area contributed by atoms with Crippen LogP contribution in [0.4, 0.5) is 5.82 Å². The van der Waals surface area contributed by atoms with E-state index in [-0.39, 0.29) is 0 Å². The molecule has 0 amide bonds. The van der Waals surface area contributed by atoms with Crippen molar-refractivity contribution in [2.45, 2.75) is 44.4 Å². The number of hydrogen-bond donors (Lipinski definition) is 1. The minimum atomic E-state index is -0.705. The number of anilines is 1. The van der Waals surface area contributed by atoms with Gasteiger partial charge in [-0.25, -0.2) is 4.98 Å². The van der Waals surface area contributed by atoms with Gasteiger partial charge in [0.05, 0.1) is 5.41 Å². The van der Waals surface area contributed by atoms with E-state index in [1.807, 2.05) is 6.20 Å². The summed E-state index contributed by atoms with van der Waals surface area (Å²) in [5, 5.41) is 9.69. The van der Waals surface area contributed by atoms with Crippen LogP contribution >= 0.6 is 0 Å². The van der Waals surface area contributed by atoms with Gasteiger partial charge in [-0.15, -0.1) is 0 Å². The van der Waals surface area contributed by atoms with E-state index in [0.29, 0.717) is 5.92 Å². The Morgan fingerprint density at radius 2 is 2.13 bits per heavy atom. The molecular weight excluding hydrogens is 292 g/mol. The maximum Gasteiger partial charge on any atom is 0.314 e. The molecule has 0 atom stereocenters. The van der Waals surface area contributed by atoms with Crippen molar-refractivity contribution < 1.29 is 14.6 Å². The van der Waals surface area contributed by atoms with Crippen molar-refractivity contribution in [2.75, 3.05) is 31.7 Å². The minimum absolute atomic E-state index is 0.601. The molecule has 1 aromatic heterocycles. The van der Waals surface area contributed by atoms with Crippen molar-refractivity contribution in [3.63, 3.8) is 0 Å². The van der Waals surface area contributed by atoms with E-state index in [2.05, 4.69) is 22.9 Å². The Morgan fingerprint density at radius 3 is 2.65 bits per heavy atom. The molecule has 1 saturated carbocycles. The number of carboxylic acids is 1. The van der Waals surface area contributed by atoms with Crippen LogP contribution in [0.15, 0.2) is 12.3 Å². The van der Waals surface area contributed by atoms with Gasteiger partial charge in [0.25, 0.3) is 0 Å². The number of aryl methyl sites for hydroxylation is 1. The second-order valence-electron chi connectivity index (χ2n) is 6.84. The molecule has 0 spiro atoms. The van der Waals surface area contributed by atoms with Crippen molar-refractivity contribution >= 4 is 11.8 Å². The van der Waals surface area contributed by atoms with Crippen LogP contribution in [0.5, 0.6) is 0 Å². The summed E-state index contributed by atoms with van der Waals surface area (Å²) >= 11 is 0. The summed E-state index contributed by atoms with van der Waals surface area (Å²) in [7, 11) is 1.75. The fourth-order valence-electron chi connectivity index (χ4n) is 3.57. The lowest BCUT2D eigenvalue weighted by molar-refractivity contribution is -0.140. The number of pyridine rings is 1. The monoisotopic (exact) mass is 318 g/mol. The molecular formula is C18H26N2O3. The first-order chi connectivity index (χ1) is 11.1. The molecule has 1 N–H and O–H groups in total. The summed E-state index contributed by atoms with van der Waals surface area (Å²) in [4.78, 5) is 18.7. The highest BCUT2D eigenvalue weighted by atomic mass is 16.5. The third kappa shape index (κ3) is 3.07. The molecule has 0 radical (unpaired) electrons. The molecule has 3 rings (SSSR count). The Bertz CT molecular complexity index is 576. The molecule has 1 aliphatic heterocycles. The zero-order valence-electron chi connectivity index (χ0n) is 14.0. The van der Waals surface area contributed by atoms with E-state index >= 15 is 0 Å². The lowest BCUT2D eigenvalue weighted by Gasteiger charge is -2.34. The van der Waals surface area contributed by atoms with Gasteiger partial charge in [-0.1, -0.05) is 6.92 Å². The SMILES string of the molecule is CCc1cnc(N2CCC(COC)CC2)c(C2(C(=O)O)CC2)c1. The molecule has 0 aromatic carbocycles. The van der Waals surface area contributed by atoms with Gasteiger partial charge in [0.15, 0.2) is 0 Å². The van der Waals surface area contributed by atoms with Crippen LogP contribution in [0.3, 0.4) is 0 Å². The van der Waals surface area contributed by atoms with Gasteiger partial charge in [-0.2, -0.15) is 0 Å². The summed E-state index contributed by atoms with van der Waals surface area (Å²) in [5.41, 5.74) is 1.34. The van der Waals surface area contributed by atoms with Gasteiger partial charge < -0.3 is 14.7 Å². The predicted octanol–water partition coefficient (Wildman–Crippen LogP) is 2.62. The largest absolute Gasteiger partial charge is 0.481 e. The third-order valence-electron chi connectivity index (χ3n) is 5.32. The Morgan fingerprint density at radius 1 is 1.43 bits per heavy atom. The molecule has 5 heteroatoms. The van der Waals surface area contributed by atoms with E-state index in [0.717, 1.165) is 68.7 Å². The van der Waals surface area contributed by atoms with Crippen LogP contribution in [0.25, 0.3) is 0 Å². The lowest BCUT2D eigenvalue weighted by Crippen LogP contribution is -2.37. The number of rotatable bonds is 6. The number of carboxylic acid groups (broad SMARTS) is 1. The van der Waals surface area contributed by atoms with Gasteiger partial charge in [0, 0.05) is 38.6 Å². The van der Waals surface area contributed by atoms with E-state index in [9.17, 15) is 9.90 Å². The molecule has 0 unspecified atom stereocenters. The topological polar surface area (TPSA) is 62.7 Å². The molecule has 1 aromatic rings. The molecule has 0 bridgehead atoms. The van der Waals surface area contributed by atoms with Crippen LogP contribution in [-0.2, 0) is 21.4 Å². The van der Waals surface area contributed by atoms with E-state index in [4.69, 9.17) is 4.74 Å². The van der Waals surface area contributed by atoms with Gasteiger partial charge in [-0.3, -0.25) is 4.79 Å². The first-order valence-electron chi connectivity index (χ1n) is 8.57. The summed E-state index contributed by atoms with van der Waals surface area (Å²) < 4.78 is 5.26. The quantitative estimate of drug-likeness (QED) is 0.873. The fraction of sp³-hybridized carbons (Fsp3) is 0.667. The molecule has 2 aliphatic rings. The van der Waals surface area contributed by atoms with Crippen molar-refractivity contribution in [3.05, 3.63) is 23.4 Å². The van der Waals surface area contributed by atoms with Crippen LogP contribution in [0, 0.1) is 5.92 Å². The van der Waals surface area contributed by atoms with Crippen molar-refractivity contribution in [1.29, 1.82) is 0 Å². The van der Waals surface area contributed by atoms with Gasteiger partial charge >= 0.3 is 5.97 Å². The maximum absolute atomic E-state index is 11.8. The van der Waals surface area contributed by atoms with Crippen LogP contribution in [-0.4, -0.2) is 42.9 Å². The summed E-state index contributed by atoms with van der Waals surface area (Å²) in [6.07, 6.45) is 6.38. The van der Waals surface area contributed by atoms with Crippen molar-refractivity contribution in [3.8, 4) is 0 Å². The number of methoxy groups -OCH3 is 1. The van der Waals surface area contributed by atoms with Crippen molar-refractivity contribution in [1.82, 2.24) is 4.98 Å². The normalized spacial score (nSPS) is 20.5. The zero-order valence-corrected chi connectivity index (χ0v) is 14.0. The number of ether oxygens (including phenoxy) is 1. The first kappa shape index (κ1) is 16.2. The molecule has 126 valence electrons. The average Bonchev–Trinajstić information content (AvgIpc) is 3.37. The van der Waals surface area contributed by atoms with E-state index < -0.39 is 11.4 Å². The number of carbonyl (C=O) groups is 1. The Balaban J connectivity index is 1.86. The number of nitrogens with zero attached hydrogens (tertiary/aromatic N) is 2. The Kier molecular flexibility index (Phi) is 4.57. The van der Waals surface area contributed by atoms with Gasteiger partial charge in [0.2, 0.25) is 0 Å². The van der Waals surface area contributed by atoms with E-state index in [1.165, 1.54) is 0 Å². The maximum atomic E-state index is 11.8.